The van der Waals surface area contributed by atoms with Gasteiger partial charge in [0.05, 0.1) is 12.0 Å². The van der Waals surface area contributed by atoms with Crippen molar-refractivity contribution in [3.05, 3.63) is 18.0 Å². The second kappa shape index (κ2) is 8.07. The Balaban J connectivity index is 2.15. The predicted molar refractivity (Wildman–Crippen MR) is 88.0 cm³/mol. The van der Waals surface area contributed by atoms with Crippen LogP contribution in [0.15, 0.2) is 12.3 Å². The maximum atomic E-state index is 12.8. The number of hydroxylamine groups is 2. The number of aromatic nitrogens is 2. The summed E-state index contributed by atoms with van der Waals surface area (Å²) in [5.41, 5.74) is 2.38. The average Bonchev–Trinajstić information content (AvgIpc) is 2.58. The summed E-state index contributed by atoms with van der Waals surface area (Å²) in [6.07, 6.45) is -1.78. The molecule has 1 aliphatic rings. The molecule has 1 aromatic rings. The van der Waals surface area contributed by atoms with Crippen LogP contribution in [-0.2, 0) is 15.8 Å². The van der Waals surface area contributed by atoms with E-state index in [9.17, 15) is 28.0 Å². The molecule has 11 heteroatoms. The number of alkyl halides is 3. The highest BCUT2D eigenvalue weighted by atomic mass is 19.4. The van der Waals surface area contributed by atoms with Crippen molar-refractivity contribution in [2.45, 2.75) is 39.3 Å². The lowest BCUT2D eigenvalue weighted by Crippen LogP contribution is -2.52. The van der Waals surface area contributed by atoms with Gasteiger partial charge in [-0.15, -0.1) is 0 Å². The van der Waals surface area contributed by atoms with Crippen LogP contribution >= 0.6 is 0 Å². The number of carbonyl (C=O) groups is 2. The van der Waals surface area contributed by atoms with Gasteiger partial charge in [-0.05, 0) is 37.2 Å². The third kappa shape index (κ3) is 5.28. The van der Waals surface area contributed by atoms with Crippen LogP contribution in [0.25, 0.3) is 0 Å². The van der Waals surface area contributed by atoms with E-state index in [2.05, 4.69) is 20.8 Å². The average molecular weight is 389 g/mol. The van der Waals surface area contributed by atoms with Crippen molar-refractivity contribution in [2.75, 3.05) is 12.0 Å². The van der Waals surface area contributed by atoms with E-state index >= 15 is 0 Å². The van der Waals surface area contributed by atoms with Gasteiger partial charge in [-0.3, -0.25) is 25.6 Å². The number of rotatable bonds is 6. The molecule has 1 fully saturated rings. The van der Waals surface area contributed by atoms with Crippen molar-refractivity contribution in [2.24, 2.45) is 17.3 Å². The standard InChI is InChI=1S/C16H22F3N5O3/c1-10-5-11(2)7-15(6-10,8-24(27)9-25)13(26)22-23-14-20-4-3-12(21-14)16(17,18)19/h3-4,9-11,27H,5-8H2,1-2H3,(H,22,26)(H,20,21,23)/t10-,11+,15?. The largest absolute Gasteiger partial charge is 0.433 e. The zero-order valence-corrected chi connectivity index (χ0v) is 15.0. The molecule has 8 nitrogen and oxygen atoms in total. The molecule has 0 bridgehead atoms. The number of amides is 2. The molecular formula is C16H22F3N5O3. The first kappa shape index (κ1) is 20.9. The number of hydrogen-bond acceptors (Lipinski definition) is 6. The Kier molecular flexibility index (Phi) is 6.24. The van der Waals surface area contributed by atoms with Gasteiger partial charge in [-0.25, -0.2) is 15.0 Å². The fourth-order valence-electron chi connectivity index (χ4n) is 3.83. The first-order valence-electron chi connectivity index (χ1n) is 8.43. The molecule has 3 atom stereocenters. The Morgan fingerprint density at radius 1 is 1.41 bits per heavy atom. The Morgan fingerprint density at radius 2 is 2.04 bits per heavy atom. The molecule has 0 aliphatic heterocycles. The van der Waals surface area contributed by atoms with Crippen molar-refractivity contribution in [3.8, 4) is 0 Å². The van der Waals surface area contributed by atoms with Gasteiger partial charge >= 0.3 is 6.18 Å². The Morgan fingerprint density at radius 3 is 2.59 bits per heavy atom. The van der Waals surface area contributed by atoms with Gasteiger partial charge in [0.1, 0.15) is 5.69 Å². The Bertz CT molecular complexity index is 676. The van der Waals surface area contributed by atoms with E-state index < -0.39 is 29.1 Å². The normalized spacial score (nSPS) is 25.6. The van der Waals surface area contributed by atoms with Crippen LogP contribution in [0.4, 0.5) is 19.1 Å². The van der Waals surface area contributed by atoms with E-state index in [4.69, 9.17) is 0 Å². The molecule has 1 aromatic heterocycles. The first-order valence-corrected chi connectivity index (χ1v) is 8.43. The van der Waals surface area contributed by atoms with E-state index in [0.717, 1.165) is 12.6 Å². The van der Waals surface area contributed by atoms with Crippen molar-refractivity contribution in [1.29, 1.82) is 0 Å². The fourth-order valence-corrected chi connectivity index (χ4v) is 3.83. The highest BCUT2D eigenvalue weighted by Crippen LogP contribution is 2.43. The molecule has 1 unspecified atom stereocenters. The summed E-state index contributed by atoms with van der Waals surface area (Å²) in [4.78, 5) is 30.6. The van der Waals surface area contributed by atoms with Crippen LogP contribution in [0.5, 0.6) is 0 Å². The summed E-state index contributed by atoms with van der Waals surface area (Å²) in [6, 6.07) is 0.715. The van der Waals surface area contributed by atoms with Gasteiger partial charge in [0, 0.05) is 6.20 Å². The van der Waals surface area contributed by atoms with E-state index in [1.54, 1.807) is 0 Å². The zero-order chi connectivity index (χ0) is 20.2. The van der Waals surface area contributed by atoms with Gasteiger partial charge in [-0.2, -0.15) is 13.2 Å². The minimum atomic E-state index is -4.64. The predicted octanol–water partition coefficient (Wildman–Crippen LogP) is 2.23. The molecule has 0 saturated heterocycles. The summed E-state index contributed by atoms with van der Waals surface area (Å²) < 4.78 is 38.1. The molecule has 2 rings (SSSR count). The Labute approximate surface area is 154 Å². The smallest absolute Gasteiger partial charge is 0.286 e. The van der Waals surface area contributed by atoms with Crippen molar-refractivity contribution < 1.29 is 28.0 Å². The molecule has 3 N–H and O–H groups in total. The number of carbonyl (C=O) groups excluding carboxylic acids is 2. The molecule has 2 amide bonds. The third-order valence-electron chi connectivity index (χ3n) is 4.58. The topological polar surface area (TPSA) is 107 Å². The maximum Gasteiger partial charge on any atom is 0.433 e. The molecule has 27 heavy (non-hydrogen) atoms. The monoisotopic (exact) mass is 389 g/mol. The molecule has 0 radical (unpaired) electrons. The number of nitrogens with one attached hydrogen (secondary N) is 2. The SMILES string of the molecule is C[C@@H]1C[C@H](C)CC(CN(O)C=O)(C(=O)NNc2nccc(C(F)(F)F)n2)C1. The van der Waals surface area contributed by atoms with Crippen LogP contribution in [0.2, 0.25) is 0 Å². The maximum absolute atomic E-state index is 12.8. The molecule has 1 aliphatic carbocycles. The lowest BCUT2D eigenvalue weighted by molar-refractivity contribution is -0.165. The number of halogens is 3. The summed E-state index contributed by atoms with van der Waals surface area (Å²) in [5, 5.41) is 10.0. The minimum Gasteiger partial charge on any atom is -0.286 e. The van der Waals surface area contributed by atoms with E-state index in [1.165, 1.54) is 0 Å². The van der Waals surface area contributed by atoms with Crippen LogP contribution in [0.1, 0.15) is 38.8 Å². The van der Waals surface area contributed by atoms with Crippen molar-refractivity contribution >= 4 is 18.3 Å². The molecule has 1 heterocycles. The van der Waals surface area contributed by atoms with Crippen molar-refractivity contribution in [1.82, 2.24) is 20.5 Å². The van der Waals surface area contributed by atoms with Crippen LogP contribution < -0.4 is 10.9 Å². The number of hydrazine groups is 1. The second-order valence-electron chi connectivity index (χ2n) is 7.18. The number of nitrogens with zero attached hydrogens (tertiary/aromatic N) is 3. The van der Waals surface area contributed by atoms with E-state index in [-0.39, 0.29) is 24.8 Å². The van der Waals surface area contributed by atoms with Crippen LogP contribution in [0.3, 0.4) is 0 Å². The Hall–Kier alpha value is -2.43. The quantitative estimate of drug-likeness (QED) is 0.391. The third-order valence-corrected chi connectivity index (χ3v) is 4.58. The molecule has 150 valence electrons. The summed E-state index contributed by atoms with van der Waals surface area (Å²) in [5.74, 6) is -0.627. The summed E-state index contributed by atoms with van der Waals surface area (Å²) >= 11 is 0. The highest BCUT2D eigenvalue weighted by Gasteiger charge is 2.45. The van der Waals surface area contributed by atoms with Gasteiger partial charge in [-0.1, -0.05) is 13.8 Å². The molecule has 0 spiro atoms. The van der Waals surface area contributed by atoms with Gasteiger partial charge in [0.2, 0.25) is 18.3 Å². The van der Waals surface area contributed by atoms with Crippen LogP contribution in [0, 0.1) is 17.3 Å². The first-order chi connectivity index (χ1) is 12.6. The molecule has 0 aromatic carbocycles. The van der Waals surface area contributed by atoms with Crippen molar-refractivity contribution in [3.63, 3.8) is 0 Å². The lowest BCUT2D eigenvalue weighted by atomic mass is 9.65. The number of anilines is 1. The lowest BCUT2D eigenvalue weighted by Gasteiger charge is -2.42. The fraction of sp³-hybridized carbons (Fsp3) is 0.625. The number of hydrogen-bond donors (Lipinski definition) is 3. The molecule has 1 saturated carbocycles. The zero-order valence-electron chi connectivity index (χ0n) is 15.0. The summed E-state index contributed by atoms with van der Waals surface area (Å²) in [6.45, 7) is 3.70. The van der Waals surface area contributed by atoms with Gasteiger partial charge in [0.15, 0.2) is 0 Å². The van der Waals surface area contributed by atoms with E-state index in [0.29, 0.717) is 24.0 Å². The molecular weight excluding hydrogens is 367 g/mol. The van der Waals surface area contributed by atoms with Crippen LogP contribution in [-0.4, -0.2) is 39.1 Å². The highest BCUT2D eigenvalue weighted by molar-refractivity contribution is 5.84. The van der Waals surface area contributed by atoms with Gasteiger partial charge in [0.25, 0.3) is 0 Å². The summed E-state index contributed by atoms with van der Waals surface area (Å²) in [7, 11) is 0. The minimum absolute atomic E-state index is 0.171. The van der Waals surface area contributed by atoms with Gasteiger partial charge < -0.3 is 0 Å². The second-order valence-corrected chi connectivity index (χ2v) is 7.18. The van der Waals surface area contributed by atoms with E-state index in [1.807, 2.05) is 13.8 Å².